The second-order valence-electron chi connectivity index (χ2n) is 8.45. The molecule has 0 saturated carbocycles. The number of aliphatic imine (C=N–C) groups is 1. The number of aromatic nitrogens is 4. The SMILES string of the molecule is CC(=Nc1ccc(-c2nc3ccc(C)cc3s2)cc1)c1c(C)[nH]n(-c2nc3ccccc3s2)c1=O. The van der Waals surface area contributed by atoms with Gasteiger partial charge in [0.1, 0.15) is 5.01 Å². The quantitative estimate of drug-likeness (QED) is 0.273. The molecule has 3 aromatic carbocycles. The Labute approximate surface area is 209 Å². The second-order valence-corrected chi connectivity index (χ2v) is 10.5. The van der Waals surface area contributed by atoms with E-state index < -0.39 is 0 Å². The van der Waals surface area contributed by atoms with Gasteiger partial charge in [0, 0.05) is 11.3 Å². The molecule has 6 rings (SSSR count). The molecule has 0 spiro atoms. The van der Waals surface area contributed by atoms with Gasteiger partial charge in [0.15, 0.2) is 0 Å². The molecule has 35 heavy (non-hydrogen) atoms. The Morgan fingerprint density at radius 2 is 1.69 bits per heavy atom. The van der Waals surface area contributed by atoms with Gasteiger partial charge in [-0.15, -0.1) is 11.3 Å². The molecule has 0 atom stereocenters. The highest BCUT2D eigenvalue weighted by atomic mass is 32.1. The summed E-state index contributed by atoms with van der Waals surface area (Å²) in [5.41, 5.74) is 6.80. The first-order valence-corrected chi connectivity index (χ1v) is 12.8. The topological polar surface area (TPSA) is 75.9 Å². The smallest absolute Gasteiger partial charge is 0.282 e. The van der Waals surface area contributed by atoms with E-state index >= 15 is 0 Å². The van der Waals surface area contributed by atoms with Crippen molar-refractivity contribution in [1.82, 2.24) is 19.7 Å². The molecule has 1 N–H and O–H groups in total. The highest BCUT2D eigenvalue weighted by Crippen LogP contribution is 2.32. The van der Waals surface area contributed by atoms with Crippen LogP contribution in [0.5, 0.6) is 0 Å². The molecule has 0 amide bonds. The number of aryl methyl sites for hydroxylation is 2. The van der Waals surface area contributed by atoms with Gasteiger partial charge in [0.25, 0.3) is 5.56 Å². The molecule has 3 aromatic heterocycles. The van der Waals surface area contributed by atoms with Crippen LogP contribution in [0.1, 0.15) is 23.7 Å². The summed E-state index contributed by atoms with van der Waals surface area (Å²) in [7, 11) is 0. The van der Waals surface area contributed by atoms with E-state index in [0.717, 1.165) is 37.7 Å². The molecule has 0 aliphatic rings. The number of hydrogen-bond donors (Lipinski definition) is 1. The molecule has 8 heteroatoms. The van der Waals surface area contributed by atoms with E-state index in [1.54, 1.807) is 11.3 Å². The minimum absolute atomic E-state index is 0.149. The minimum Gasteiger partial charge on any atom is -0.293 e. The van der Waals surface area contributed by atoms with Gasteiger partial charge in [-0.25, -0.2) is 9.97 Å². The van der Waals surface area contributed by atoms with Gasteiger partial charge in [-0.2, -0.15) is 4.68 Å². The van der Waals surface area contributed by atoms with Crippen molar-refractivity contribution in [3.8, 4) is 15.7 Å². The largest absolute Gasteiger partial charge is 0.293 e. The van der Waals surface area contributed by atoms with Crippen molar-refractivity contribution in [3.05, 3.63) is 93.9 Å². The Kier molecular flexibility index (Phi) is 5.20. The van der Waals surface area contributed by atoms with Gasteiger partial charge in [-0.3, -0.25) is 14.9 Å². The molecule has 3 heterocycles. The van der Waals surface area contributed by atoms with Gasteiger partial charge < -0.3 is 0 Å². The van der Waals surface area contributed by atoms with E-state index in [4.69, 9.17) is 9.98 Å². The number of aromatic amines is 1. The van der Waals surface area contributed by atoms with E-state index in [2.05, 4.69) is 35.2 Å². The van der Waals surface area contributed by atoms with Crippen LogP contribution in [0.15, 0.2) is 76.5 Å². The number of rotatable bonds is 4. The number of H-pyrrole nitrogens is 1. The van der Waals surface area contributed by atoms with Crippen LogP contribution in [0.4, 0.5) is 5.69 Å². The standard InChI is InChI=1S/C27H21N5OS2/c1-15-8-13-21-23(14-15)34-25(29-21)18-9-11-19(12-10-18)28-16(2)24-17(3)31-32(26(24)33)27-30-20-6-4-5-7-22(20)35-27/h4-14,31H,1-3H3. The van der Waals surface area contributed by atoms with Crippen LogP contribution < -0.4 is 5.56 Å². The van der Waals surface area contributed by atoms with E-state index in [-0.39, 0.29) is 5.56 Å². The summed E-state index contributed by atoms with van der Waals surface area (Å²) < 4.78 is 3.73. The maximum Gasteiger partial charge on any atom is 0.282 e. The van der Waals surface area contributed by atoms with Crippen LogP contribution in [-0.4, -0.2) is 25.5 Å². The number of nitrogens with one attached hydrogen (secondary N) is 1. The Balaban J connectivity index is 1.31. The molecule has 6 aromatic rings. The van der Waals surface area contributed by atoms with Crippen molar-refractivity contribution in [2.24, 2.45) is 4.99 Å². The lowest BCUT2D eigenvalue weighted by atomic mass is 10.1. The molecule has 172 valence electrons. The maximum atomic E-state index is 13.3. The van der Waals surface area contributed by atoms with Gasteiger partial charge in [-0.05, 0) is 74.9 Å². The monoisotopic (exact) mass is 495 g/mol. The lowest BCUT2D eigenvalue weighted by molar-refractivity contribution is 0.829. The van der Waals surface area contributed by atoms with Crippen LogP contribution in [0.3, 0.4) is 0 Å². The summed E-state index contributed by atoms with van der Waals surface area (Å²) in [4.78, 5) is 27.4. The van der Waals surface area contributed by atoms with Crippen LogP contribution in [0, 0.1) is 13.8 Å². The molecule has 0 radical (unpaired) electrons. The zero-order valence-corrected chi connectivity index (χ0v) is 21.0. The number of thiazole rings is 2. The second kappa shape index (κ2) is 8.41. The van der Waals surface area contributed by atoms with Crippen molar-refractivity contribution in [2.75, 3.05) is 0 Å². The Morgan fingerprint density at radius 1 is 0.914 bits per heavy atom. The van der Waals surface area contributed by atoms with Gasteiger partial charge >= 0.3 is 0 Å². The third-order valence-electron chi connectivity index (χ3n) is 5.86. The summed E-state index contributed by atoms with van der Waals surface area (Å²) in [6, 6.07) is 22.2. The lowest BCUT2D eigenvalue weighted by Crippen LogP contribution is -2.19. The average molecular weight is 496 g/mol. The fourth-order valence-corrected chi connectivity index (χ4v) is 6.14. The van der Waals surface area contributed by atoms with Crippen LogP contribution >= 0.6 is 22.7 Å². The van der Waals surface area contributed by atoms with Crippen LogP contribution in [-0.2, 0) is 0 Å². The molecule has 0 unspecified atom stereocenters. The molecule has 0 saturated heterocycles. The molecule has 0 aliphatic heterocycles. The lowest BCUT2D eigenvalue weighted by Gasteiger charge is -2.00. The molecular formula is C27H21N5OS2. The number of fused-ring (bicyclic) bond motifs is 2. The Hall–Kier alpha value is -3.88. The fourth-order valence-electron chi connectivity index (χ4n) is 4.15. The molecule has 0 fully saturated rings. The van der Waals surface area contributed by atoms with Crippen LogP contribution in [0.2, 0.25) is 0 Å². The van der Waals surface area contributed by atoms with Crippen molar-refractivity contribution in [2.45, 2.75) is 20.8 Å². The fraction of sp³-hybridized carbons (Fsp3) is 0.111. The molecule has 0 aliphatic carbocycles. The van der Waals surface area contributed by atoms with E-state index in [1.165, 1.54) is 26.3 Å². The zero-order valence-electron chi connectivity index (χ0n) is 19.4. The molecular weight excluding hydrogens is 474 g/mol. The summed E-state index contributed by atoms with van der Waals surface area (Å²) >= 11 is 3.17. The van der Waals surface area contributed by atoms with Gasteiger partial charge in [-0.1, -0.05) is 29.5 Å². The number of benzene rings is 3. The predicted octanol–water partition coefficient (Wildman–Crippen LogP) is 6.81. The molecule has 6 nitrogen and oxygen atoms in total. The first-order chi connectivity index (χ1) is 17.0. The van der Waals surface area contributed by atoms with Gasteiger partial charge in [0.2, 0.25) is 5.13 Å². The highest BCUT2D eigenvalue weighted by molar-refractivity contribution is 7.21. The highest BCUT2D eigenvalue weighted by Gasteiger charge is 2.17. The summed E-state index contributed by atoms with van der Waals surface area (Å²) in [6.07, 6.45) is 0. The third-order valence-corrected chi connectivity index (χ3v) is 7.95. The minimum atomic E-state index is -0.149. The van der Waals surface area contributed by atoms with Crippen molar-refractivity contribution < 1.29 is 0 Å². The summed E-state index contributed by atoms with van der Waals surface area (Å²) in [5.74, 6) is 0. The first-order valence-electron chi connectivity index (χ1n) is 11.2. The Morgan fingerprint density at radius 3 is 2.49 bits per heavy atom. The number of para-hydroxylation sites is 1. The normalized spacial score (nSPS) is 12.1. The van der Waals surface area contributed by atoms with Crippen molar-refractivity contribution in [1.29, 1.82) is 0 Å². The number of nitrogens with zero attached hydrogens (tertiary/aromatic N) is 4. The predicted molar refractivity (Wildman–Crippen MR) is 146 cm³/mol. The summed E-state index contributed by atoms with van der Waals surface area (Å²) in [6.45, 7) is 5.84. The van der Waals surface area contributed by atoms with Gasteiger partial charge in [0.05, 0.1) is 37.4 Å². The van der Waals surface area contributed by atoms with Crippen LogP contribution in [0.25, 0.3) is 36.1 Å². The van der Waals surface area contributed by atoms with E-state index in [1.807, 2.05) is 62.4 Å². The average Bonchev–Trinajstić information content (AvgIpc) is 3.54. The summed E-state index contributed by atoms with van der Waals surface area (Å²) in [5, 5.41) is 4.77. The van der Waals surface area contributed by atoms with Crippen molar-refractivity contribution in [3.63, 3.8) is 0 Å². The van der Waals surface area contributed by atoms with E-state index in [0.29, 0.717) is 16.4 Å². The number of hydrogen-bond acceptors (Lipinski definition) is 6. The molecule has 0 bridgehead atoms. The zero-order chi connectivity index (χ0) is 24.1. The van der Waals surface area contributed by atoms with Crippen molar-refractivity contribution >= 4 is 54.5 Å². The Bertz CT molecular complexity index is 1770. The maximum absolute atomic E-state index is 13.3. The first kappa shape index (κ1) is 21.6. The third kappa shape index (κ3) is 3.90. The van der Waals surface area contributed by atoms with E-state index in [9.17, 15) is 4.79 Å².